The number of methoxy groups -OCH3 is 2. The Kier molecular flexibility index (Phi) is 15.9. The normalized spacial score (nSPS) is 15.3. The van der Waals surface area contributed by atoms with Gasteiger partial charge in [0.1, 0.15) is 29.0 Å². The molecule has 1 aliphatic heterocycles. The predicted octanol–water partition coefficient (Wildman–Crippen LogP) is 15.2. The summed E-state index contributed by atoms with van der Waals surface area (Å²) in [6.45, 7) is 10.2. The highest BCUT2D eigenvalue weighted by molar-refractivity contribution is 7.79. The van der Waals surface area contributed by atoms with Crippen LogP contribution in [0.25, 0.3) is 33.4 Å². The Labute approximate surface area is 455 Å². The molecule has 3 aliphatic rings. The summed E-state index contributed by atoms with van der Waals surface area (Å²) < 4.78 is 117. The van der Waals surface area contributed by atoms with Crippen molar-refractivity contribution in [1.82, 2.24) is 0 Å². The molecule has 78 heavy (non-hydrogen) atoms. The van der Waals surface area contributed by atoms with Gasteiger partial charge < -0.3 is 27.9 Å². The highest BCUT2D eigenvalue weighted by atomic mass is 31.2. The van der Waals surface area contributed by atoms with Crippen molar-refractivity contribution in [2.75, 3.05) is 35.4 Å². The van der Waals surface area contributed by atoms with E-state index in [2.05, 4.69) is 19.1 Å². The van der Waals surface area contributed by atoms with Gasteiger partial charge in [-0.15, -0.1) is 0 Å². The van der Waals surface area contributed by atoms with Crippen molar-refractivity contribution in [3.05, 3.63) is 170 Å². The molecule has 0 unspecified atom stereocenters. The molecule has 7 nitrogen and oxygen atoms in total. The van der Waals surface area contributed by atoms with Gasteiger partial charge in [0, 0.05) is 27.8 Å². The zero-order valence-corrected chi connectivity index (χ0v) is 47.5. The largest absolute Gasteiger partial charge is 0.736 e. The van der Waals surface area contributed by atoms with Crippen LogP contribution in [0, 0.1) is 27.7 Å². The number of fused-ring (bicyclic) bond motifs is 7. The number of hydrogen-bond acceptors (Lipinski definition) is 6. The highest BCUT2D eigenvalue weighted by Gasteiger charge is 2.38. The topological polar surface area (TPSA) is 77.1 Å². The van der Waals surface area contributed by atoms with Crippen LogP contribution in [0.1, 0.15) is 99.8 Å². The highest BCUT2D eigenvalue weighted by Crippen LogP contribution is 2.61. The third-order valence-corrected chi connectivity index (χ3v) is 18.9. The first-order valence-electron chi connectivity index (χ1n) is 26.2. The van der Waals surface area contributed by atoms with Crippen LogP contribution in [0.15, 0.2) is 109 Å². The fourth-order valence-electron chi connectivity index (χ4n) is 11.5. The van der Waals surface area contributed by atoms with Gasteiger partial charge in [-0.2, -0.15) is 26.3 Å². The smallest absolute Gasteiger partial charge is 0.416 e. The maximum Gasteiger partial charge on any atom is 0.416 e. The Balaban J connectivity index is 0.000000200. The first-order valence-corrected chi connectivity index (χ1v) is 29.0. The van der Waals surface area contributed by atoms with Crippen LogP contribution in [0.2, 0.25) is 0 Å². The van der Waals surface area contributed by atoms with Crippen LogP contribution in [0.3, 0.4) is 0 Å². The van der Waals surface area contributed by atoms with Crippen molar-refractivity contribution in [2.24, 2.45) is 0 Å². The van der Waals surface area contributed by atoms with E-state index in [-0.39, 0.29) is 6.04 Å². The lowest BCUT2D eigenvalue weighted by molar-refractivity contribution is -0.900. The number of quaternary nitrogens is 1. The first kappa shape index (κ1) is 56.6. The van der Waals surface area contributed by atoms with E-state index in [4.69, 9.17) is 18.5 Å². The molecule has 410 valence electrons. The summed E-state index contributed by atoms with van der Waals surface area (Å²) in [6, 6.07) is 29.9. The van der Waals surface area contributed by atoms with Crippen LogP contribution in [-0.2, 0) is 42.6 Å². The molecule has 0 aromatic heterocycles. The molecule has 0 spiro atoms. The number of phosphoric acid groups is 1. The summed E-state index contributed by atoms with van der Waals surface area (Å²) in [5.41, 5.74) is 13.7. The van der Waals surface area contributed by atoms with Gasteiger partial charge in [-0.05, 0) is 226 Å². The molecule has 0 amide bonds. The number of benzene rings is 7. The lowest BCUT2D eigenvalue weighted by Gasteiger charge is -2.34. The minimum atomic E-state index is -4.85. The minimum absolute atomic E-state index is 0.0510. The second-order valence-electron chi connectivity index (χ2n) is 21.6. The summed E-state index contributed by atoms with van der Waals surface area (Å²) in [4.78, 5) is 14.0. The Bertz CT molecular complexity index is 3220. The molecule has 0 saturated carbocycles. The second-order valence-corrected chi connectivity index (χ2v) is 25.1. The molecule has 0 N–H and O–H groups in total. The van der Waals surface area contributed by atoms with Gasteiger partial charge in [0.15, 0.2) is 0 Å². The lowest BCUT2D eigenvalue weighted by atomic mass is 9.76. The van der Waals surface area contributed by atoms with Gasteiger partial charge in [-0.25, -0.2) is 4.57 Å². The molecule has 10 rings (SSSR count). The van der Waals surface area contributed by atoms with Gasteiger partial charge >= 0.3 is 20.2 Å². The molecule has 1 heterocycles. The SMILES string of the molecule is COc1cc(C)c(-c2cc3c(c4c2OP(=O)([O-])Oc2c(-c5c(C)cc(OC)cc5C)cc5c(c2-4)CCCC5)CCCC3)c(C)c1.C[C@@H](c1ccccc1P(c1ccc(C(F)(F)F)cc1)c1ccc(C(F)(F)F)cc1)[N+](C)(C)C. The third kappa shape index (κ3) is 11.4. The number of ether oxygens (including phenoxy) is 2. The lowest BCUT2D eigenvalue weighted by Crippen LogP contribution is -2.39. The Morgan fingerprint density at radius 2 is 0.936 bits per heavy atom. The van der Waals surface area contributed by atoms with Crippen molar-refractivity contribution in [3.63, 3.8) is 0 Å². The van der Waals surface area contributed by atoms with Crippen LogP contribution in [-0.4, -0.2) is 39.8 Å². The monoisotopic (exact) mass is 1110 g/mol. The Hall–Kier alpha value is -6.10. The number of halogens is 6. The fourth-order valence-corrected chi connectivity index (χ4v) is 14.9. The maximum atomic E-state index is 14.0. The third-order valence-electron chi connectivity index (χ3n) is 15.6. The van der Waals surface area contributed by atoms with E-state index in [1.165, 1.54) is 46.5 Å². The summed E-state index contributed by atoms with van der Waals surface area (Å²) in [5, 5.41) is 2.19. The molecular formula is C63H65F6NO6P2. The van der Waals surface area contributed by atoms with Gasteiger partial charge in [0.2, 0.25) is 0 Å². The average Bonchev–Trinajstić information content (AvgIpc) is 3.79. The van der Waals surface area contributed by atoms with Gasteiger partial charge in [-0.3, -0.25) is 0 Å². The van der Waals surface area contributed by atoms with Crippen molar-refractivity contribution >= 4 is 31.7 Å². The van der Waals surface area contributed by atoms with Crippen LogP contribution < -0.4 is 39.3 Å². The van der Waals surface area contributed by atoms with E-state index in [9.17, 15) is 35.8 Å². The standard InChI is InChI=1S/C38H41O6P.C25H25F6NP/c1-21-15-27(41-5)16-22(2)33(21)31-19-25-11-7-9-13-29(25)35-36-30-14-10-8-12-26(30)20-32(38(36)44-45(39,40)43-37(31)35)34-23(3)17-28(42-6)18-24(34)4;1-17(32(2,3)4)22-7-5-6-8-23(22)33(20-13-9-18(10-14-20)24(26,27)28)21-15-11-19(12-16-21)25(29,30)31/h15-20H,7-14H2,1-6H3,(H,39,40);5-17H,1-4H3/q;+1/p-1/t;17-/m.0/s1. The van der Waals surface area contributed by atoms with Gasteiger partial charge in [-0.1, -0.05) is 48.5 Å². The zero-order chi connectivity index (χ0) is 56.2. The minimum Gasteiger partial charge on any atom is -0.736 e. The number of aryl methyl sites for hydroxylation is 6. The van der Waals surface area contributed by atoms with E-state index < -0.39 is 39.2 Å². The van der Waals surface area contributed by atoms with Crippen molar-refractivity contribution in [3.8, 4) is 56.4 Å². The molecule has 7 aromatic carbocycles. The van der Waals surface area contributed by atoms with E-state index in [0.29, 0.717) is 26.6 Å². The van der Waals surface area contributed by atoms with Crippen molar-refractivity contribution in [2.45, 2.75) is 104 Å². The number of nitrogens with zero attached hydrogens (tertiary/aromatic N) is 1. The van der Waals surface area contributed by atoms with Crippen LogP contribution in [0.4, 0.5) is 26.3 Å². The summed E-state index contributed by atoms with van der Waals surface area (Å²) in [5.74, 6) is 2.31. The molecule has 0 bridgehead atoms. The van der Waals surface area contributed by atoms with Crippen molar-refractivity contribution < 1.29 is 58.8 Å². The molecule has 0 saturated heterocycles. The zero-order valence-electron chi connectivity index (χ0n) is 45.7. The number of hydrogen-bond donors (Lipinski definition) is 0. The molecule has 7 aromatic rings. The van der Waals surface area contributed by atoms with Gasteiger partial charge in [0.05, 0.1) is 46.5 Å². The van der Waals surface area contributed by atoms with Gasteiger partial charge in [0.25, 0.3) is 0 Å². The summed E-state index contributed by atoms with van der Waals surface area (Å²) in [7, 11) is 3.21. The first-order chi connectivity index (χ1) is 36.8. The molecule has 0 radical (unpaired) electrons. The number of phosphoric ester groups is 1. The number of rotatable bonds is 9. The Morgan fingerprint density at radius 3 is 1.29 bits per heavy atom. The summed E-state index contributed by atoms with van der Waals surface area (Å²) in [6.07, 6.45) is -1.05. The quantitative estimate of drug-likeness (QED) is 0.0814. The van der Waals surface area contributed by atoms with Crippen LogP contribution in [0.5, 0.6) is 23.0 Å². The van der Waals surface area contributed by atoms with Crippen molar-refractivity contribution in [1.29, 1.82) is 0 Å². The molecule has 2 aliphatic carbocycles. The predicted molar refractivity (Wildman–Crippen MR) is 299 cm³/mol. The van der Waals surface area contributed by atoms with Crippen LogP contribution >= 0.6 is 15.7 Å². The Morgan fingerprint density at radius 1 is 0.564 bits per heavy atom. The average molecular weight is 1110 g/mol. The summed E-state index contributed by atoms with van der Waals surface area (Å²) >= 11 is 0. The molecule has 1 atom stereocenters. The van der Waals surface area contributed by atoms with E-state index in [0.717, 1.165) is 154 Å². The maximum absolute atomic E-state index is 14.0. The second kappa shape index (κ2) is 21.9. The van der Waals surface area contributed by atoms with E-state index >= 15 is 0 Å². The van der Waals surface area contributed by atoms with E-state index in [1.54, 1.807) is 14.2 Å². The molecular weight excluding hydrogens is 1040 g/mol. The molecule has 15 heteroatoms. The fraction of sp³-hybridized carbons (Fsp3) is 0.333. The van der Waals surface area contributed by atoms with E-state index in [1.807, 2.05) is 97.4 Å². The molecule has 0 fully saturated rings. The number of alkyl halides is 6.